The van der Waals surface area contributed by atoms with Gasteiger partial charge in [0.05, 0.1) is 10.8 Å². The zero-order valence-electron chi connectivity index (χ0n) is 11.9. The molecular weight excluding hydrogens is 289 g/mol. The fourth-order valence-electron chi connectivity index (χ4n) is 2.05. The van der Waals surface area contributed by atoms with Crippen LogP contribution in [0.25, 0.3) is 0 Å². The molecule has 1 unspecified atom stereocenters. The van der Waals surface area contributed by atoms with Crippen molar-refractivity contribution in [2.24, 2.45) is 0 Å². The molecule has 2 rings (SSSR count). The summed E-state index contributed by atoms with van der Waals surface area (Å²) >= 11 is 0. The van der Waals surface area contributed by atoms with E-state index in [4.69, 9.17) is 0 Å². The first kappa shape index (κ1) is 15.4. The fourth-order valence-corrected chi connectivity index (χ4v) is 3.01. The van der Waals surface area contributed by atoms with Gasteiger partial charge in [-0.3, -0.25) is 9.00 Å². The number of anilines is 1. The van der Waals surface area contributed by atoms with Crippen LogP contribution in [0.15, 0.2) is 47.4 Å². The van der Waals surface area contributed by atoms with Crippen LogP contribution in [-0.2, 0) is 15.6 Å². The normalized spacial score (nSPS) is 12.0. The summed E-state index contributed by atoms with van der Waals surface area (Å²) in [5.41, 5.74) is 2.75. The smallest absolute Gasteiger partial charge is 0.237 e. The van der Waals surface area contributed by atoms with E-state index in [1.165, 1.54) is 18.2 Å². The van der Waals surface area contributed by atoms with E-state index >= 15 is 0 Å². The summed E-state index contributed by atoms with van der Waals surface area (Å²) in [5, 5.41) is 2.71. The average Bonchev–Trinajstić information content (AvgIpc) is 2.37. The molecule has 0 saturated heterocycles. The first-order valence-electron chi connectivity index (χ1n) is 6.46. The maximum absolute atomic E-state index is 13.1. The van der Waals surface area contributed by atoms with Crippen LogP contribution in [0.3, 0.4) is 0 Å². The Morgan fingerprint density at radius 3 is 2.43 bits per heavy atom. The second kappa shape index (κ2) is 6.63. The monoisotopic (exact) mass is 305 g/mol. The van der Waals surface area contributed by atoms with Gasteiger partial charge in [-0.05, 0) is 55.3 Å². The maximum Gasteiger partial charge on any atom is 0.237 e. The maximum atomic E-state index is 13.1. The van der Waals surface area contributed by atoms with Crippen LogP contribution in [-0.4, -0.2) is 15.9 Å². The van der Waals surface area contributed by atoms with E-state index in [1.807, 2.05) is 32.0 Å². The van der Waals surface area contributed by atoms with Gasteiger partial charge >= 0.3 is 0 Å². The van der Waals surface area contributed by atoms with E-state index in [0.717, 1.165) is 11.1 Å². The number of nitrogens with one attached hydrogen (secondary N) is 1. The van der Waals surface area contributed by atoms with Crippen molar-refractivity contribution in [1.29, 1.82) is 0 Å². The first-order valence-corrected chi connectivity index (χ1v) is 7.78. The highest BCUT2D eigenvalue weighted by Gasteiger charge is 2.11. The molecule has 1 amide bonds. The van der Waals surface area contributed by atoms with Gasteiger partial charge in [-0.25, -0.2) is 4.39 Å². The average molecular weight is 305 g/mol. The highest BCUT2D eigenvalue weighted by molar-refractivity contribution is 7.85. The van der Waals surface area contributed by atoms with E-state index in [9.17, 15) is 13.4 Å². The van der Waals surface area contributed by atoms with Gasteiger partial charge < -0.3 is 5.32 Å². The van der Waals surface area contributed by atoms with E-state index in [-0.39, 0.29) is 11.7 Å². The molecule has 5 heteroatoms. The molecule has 0 fully saturated rings. The van der Waals surface area contributed by atoms with Crippen molar-refractivity contribution < 1.29 is 13.4 Å². The summed E-state index contributed by atoms with van der Waals surface area (Å²) in [4.78, 5) is 12.2. The Morgan fingerprint density at radius 1 is 1.14 bits per heavy atom. The third-order valence-electron chi connectivity index (χ3n) is 2.83. The summed E-state index contributed by atoms with van der Waals surface area (Å²) in [7, 11) is -1.56. The Morgan fingerprint density at radius 2 is 1.81 bits per heavy atom. The predicted molar refractivity (Wildman–Crippen MR) is 82.2 cm³/mol. The van der Waals surface area contributed by atoms with Crippen LogP contribution in [0, 0.1) is 19.7 Å². The van der Waals surface area contributed by atoms with E-state index < -0.39 is 16.6 Å². The summed E-state index contributed by atoms with van der Waals surface area (Å²) in [6.07, 6.45) is 0. The topological polar surface area (TPSA) is 46.2 Å². The van der Waals surface area contributed by atoms with Crippen molar-refractivity contribution in [2.75, 3.05) is 11.1 Å². The molecule has 21 heavy (non-hydrogen) atoms. The zero-order valence-corrected chi connectivity index (χ0v) is 12.7. The van der Waals surface area contributed by atoms with Gasteiger partial charge in [-0.2, -0.15) is 0 Å². The molecule has 0 aliphatic heterocycles. The van der Waals surface area contributed by atoms with Gasteiger partial charge in [-0.1, -0.05) is 12.1 Å². The van der Waals surface area contributed by atoms with Crippen LogP contribution < -0.4 is 5.32 Å². The molecule has 0 heterocycles. The van der Waals surface area contributed by atoms with E-state index in [1.54, 1.807) is 6.07 Å². The van der Waals surface area contributed by atoms with Crippen molar-refractivity contribution >= 4 is 22.4 Å². The molecule has 0 spiro atoms. The lowest BCUT2D eigenvalue weighted by Gasteiger charge is -2.07. The molecule has 3 nitrogen and oxygen atoms in total. The van der Waals surface area contributed by atoms with E-state index in [0.29, 0.717) is 10.6 Å². The van der Waals surface area contributed by atoms with Crippen molar-refractivity contribution in [3.63, 3.8) is 0 Å². The molecule has 0 radical (unpaired) electrons. The molecule has 1 atom stereocenters. The lowest BCUT2D eigenvalue weighted by Crippen LogP contribution is -2.19. The first-order chi connectivity index (χ1) is 9.94. The Balaban J connectivity index is 2.03. The second-order valence-electron chi connectivity index (χ2n) is 4.87. The lowest BCUT2D eigenvalue weighted by molar-refractivity contribution is -0.113. The largest absolute Gasteiger partial charge is 0.325 e. The number of aryl methyl sites for hydroxylation is 2. The number of halogens is 1. The van der Waals surface area contributed by atoms with Crippen LogP contribution in [0.2, 0.25) is 0 Å². The zero-order chi connectivity index (χ0) is 15.4. The SMILES string of the molecule is Cc1cc(C)cc(NC(=O)CS(=O)c2cccc(F)c2)c1. The molecule has 0 saturated carbocycles. The molecule has 110 valence electrons. The standard InChI is InChI=1S/C16H16FNO2S/c1-11-6-12(2)8-14(7-11)18-16(19)10-21(20)15-5-3-4-13(17)9-15/h3-9H,10H2,1-2H3,(H,18,19). The minimum absolute atomic E-state index is 0.198. The van der Waals surface area contributed by atoms with Crippen LogP contribution in [0.5, 0.6) is 0 Å². The minimum Gasteiger partial charge on any atom is -0.325 e. The third kappa shape index (κ3) is 4.49. The van der Waals surface area contributed by atoms with Gasteiger partial charge in [0.15, 0.2) is 0 Å². The number of hydrogen-bond acceptors (Lipinski definition) is 2. The van der Waals surface area contributed by atoms with Crippen molar-refractivity contribution in [3.05, 3.63) is 59.4 Å². The highest BCUT2D eigenvalue weighted by atomic mass is 32.2. The van der Waals surface area contributed by atoms with Gasteiger partial charge in [-0.15, -0.1) is 0 Å². The van der Waals surface area contributed by atoms with Gasteiger partial charge in [0.25, 0.3) is 0 Å². The summed E-state index contributed by atoms with van der Waals surface area (Å²) < 4.78 is 25.1. The van der Waals surface area contributed by atoms with Crippen molar-refractivity contribution in [2.45, 2.75) is 18.7 Å². The van der Waals surface area contributed by atoms with Crippen LogP contribution >= 0.6 is 0 Å². The van der Waals surface area contributed by atoms with Gasteiger partial charge in [0.1, 0.15) is 11.6 Å². The Labute approximate surface area is 125 Å². The molecule has 0 bridgehead atoms. The summed E-state index contributed by atoms with van der Waals surface area (Å²) in [6, 6.07) is 11.2. The Hall–Kier alpha value is -2.01. The fraction of sp³-hybridized carbons (Fsp3) is 0.188. The molecule has 0 aliphatic carbocycles. The third-order valence-corrected chi connectivity index (χ3v) is 4.13. The highest BCUT2D eigenvalue weighted by Crippen LogP contribution is 2.14. The second-order valence-corrected chi connectivity index (χ2v) is 6.32. The lowest BCUT2D eigenvalue weighted by atomic mass is 10.1. The molecule has 2 aromatic carbocycles. The quantitative estimate of drug-likeness (QED) is 0.943. The van der Waals surface area contributed by atoms with Crippen LogP contribution in [0.1, 0.15) is 11.1 Å². The predicted octanol–water partition coefficient (Wildman–Crippen LogP) is 3.19. The molecular formula is C16H16FNO2S. The molecule has 2 aromatic rings. The van der Waals surface area contributed by atoms with Crippen molar-refractivity contribution in [3.8, 4) is 0 Å². The summed E-state index contributed by atoms with van der Waals surface area (Å²) in [5.74, 6) is -1.02. The Bertz CT molecular complexity index is 680. The number of benzene rings is 2. The number of hydrogen-bond donors (Lipinski definition) is 1. The van der Waals surface area contributed by atoms with Gasteiger partial charge in [0, 0.05) is 10.6 Å². The van der Waals surface area contributed by atoms with Gasteiger partial charge in [0.2, 0.25) is 5.91 Å². The molecule has 0 aromatic heterocycles. The molecule has 0 aliphatic rings. The number of rotatable bonds is 4. The van der Waals surface area contributed by atoms with Crippen molar-refractivity contribution in [1.82, 2.24) is 0 Å². The Kier molecular flexibility index (Phi) is 4.85. The number of amides is 1. The van der Waals surface area contributed by atoms with Crippen LogP contribution in [0.4, 0.5) is 10.1 Å². The minimum atomic E-state index is -1.56. The molecule has 1 N–H and O–H groups in total. The van der Waals surface area contributed by atoms with E-state index in [2.05, 4.69) is 5.32 Å². The number of carbonyl (C=O) groups excluding carboxylic acids is 1. The number of carbonyl (C=O) groups is 1. The summed E-state index contributed by atoms with van der Waals surface area (Å²) in [6.45, 7) is 3.88.